The van der Waals surface area contributed by atoms with Crippen LogP contribution in [0.4, 0.5) is 8.78 Å². The van der Waals surface area contributed by atoms with Crippen LogP contribution in [0.3, 0.4) is 0 Å². The molecule has 0 atom stereocenters. The van der Waals surface area contributed by atoms with Crippen molar-refractivity contribution in [3.63, 3.8) is 0 Å². The van der Waals surface area contributed by atoms with Crippen molar-refractivity contribution in [1.29, 1.82) is 0 Å². The Kier molecular flexibility index (Phi) is 5.71. The van der Waals surface area contributed by atoms with Crippen LogP contribution in [0.15, 0.2) is 48.5 Å². The van der Waals surface area contributed by atoms with Crippen molar-refractivity contribution in [2.24, 2.45) is 0 Å². The average Bonchev–Trinajstić information content (AvgIpc) is 3.46. The quantitative estimate of drug-likeness (QED) is 0.713. The lowest BCUT2D eigenvalue weighted by atomic mass is 10.1. The predicted octanol–water partition coefficient (Wildman–Crippen LogP) is 4.03. The molecule has 6 heteroatoms. The van der Waals surface area contributed by atoms with Crippen LogP contribution >= 0.6 is 0 Å². The number of amides is 1. The molecule has 0 heterocycles. The number of methoxy groups -OCH3 is 1. The molecule has 0 radical (unpaired) electrons. The summed E-state index contributed by atoms with van der Waals surface area (Å²) in [6, 6.07) is 14.2. The highest BCUT2D eigenvalue weighted by Crippen LogP contribution is 2.29. The Bertz CT molecular complexity index is 728. The third-order valence-corrected chi connectivity index (χ3v) is 4.32. The first-order chi connectivity index (χ1) is 12.5. The Morgan fingerprint density at radius 1 is 1.04 bits per heavy atom. The van der Waals surface area contributed by atoms with Gasteiger partial charge in [-0.25, -0.2) is 0 Å². The van der Waals surface area contributed by atoms with E-state index in [1.807, 2.05) is 29.2 Å². The lowest BCUT2D eigenvalue weighted by molar-refractivity contribution is -0.131. The van der Waals surface area contributed by atoms with E-state index in [0.29, 0.717) is 6.54 Å². The first-order valence-electron chi connectivity index (χ1n) is 8.51. The minimum absolute atomic E-state index is 0.0332. The molecule has 0 bridgehead atoms. The van der Waals surface area contributed by atoms with E-state index in [-0.39, 0.29) is 24.1 Å². The van der Waals surface area contributed by atoms with E-state index in [1.165, 1.54) is 12.1 Å². The van der Waals surface area contributed by atoms with E-state index in [2.05, 4.69) is 4.74 Å². The molecule has 1 saturated carbocycles. The Hall–Kier alpha value is -2.63. The summed E-state index contributed by atoms with van der Waals surface area (Å²) in [7, 11) is 1.62. The first kappa shape index (κ1) is 18.2. The molecule has 1 aliphatic carbocycles. The number of nitrogens with zero attached hydrogens (tertiary/aromatic N) is 1. The SMILES string of the molecule is COc1ccc(CN(C(=O)Cc2ccc(OC(F)F)cc2)C2CC2)cc1. The van der Waals surface area contributed by atoms with E-state index in [4.69, 9.17) is 4.74 Å². The maximum atomic E-state index is 12.7. The molecule has 2 aromatic rings. The van der Waals surface area contributed by atoms with Crippen LogP contribution in [0.25, 0.3) is 0 Å². The molecule has 26 heavy (non-hydrogen) atoms. The molecular formula is C20H21F2NO3. The number of carbonyl (C=O) groups is 1. The molecule has 4 nitrogen and oxygen atoms in total. The fourth-order valence-corrected chi connectivity index (χ4v) is 2.80. The minimum Gasteiger partial charge on any atom is -0.497 e. The van der Waals surface area contributed by atoms with Crippen LogP contribution < -0.4 is 9.47 Å². The predicted molar refractivity (Wildman–Crippen MR) is 93.3 cm³/mol. The van der Waals surface area contributed by atoms with E-state index in [9.17, 15) is 13.6 Å². The molecule has 2 aromatic carbocycles. The van der Waals surface area contributed by atoms with Crippen molar-refractivity contribution in [3.8, 4) is 11.5 Å². The van der Waals surface area contributed by atoms with Crippen LogP contribution in [0, 0.1) is 0 Å². The van der Waals surface area contributed by atoms with Crippen LogP contribution in [-0.4, -0.2) is 30.6 Å². The molecule has 0 saturated heterocycles. The van der Waals surface area contributed by atoms with Crippen molar-refractivity contribution in [2.75, 3.05) is 7.11 Å². The van der Waals surface area contributed by atoms with Crippen LogP contribution in [0.2, 0.25) is 0 Å². The second kappa shape index (κ2) is 8.17. The topological polar surface area (TPSA) is 38.8 Å². The molecule has 138 valence electrons. The van der Waals surface area contributed by atoms with Gasteiger partial charge in [0.2, 0.25) is 5.91 Å². The van der Waals surface area contributed by atoms with Gasteiger partial charge in [-0.1, -0.05) is 24.3 Å². The van der Waals surface area contributed by atoms with Gasteiger partial charge >= 0.3 is 6.61 Å². The minimum atomic E-state index is -2.85. The van der Waals surface area contributed by atoms with Crippen LogP contribution in [0.5, 0.6) is 11.5 Å². The number of hydrogen-bond acceptors (Lipinski definition) is 3. The number of halogens is 2. The fraction of sp³-hybridized carbons (Fsp3) is 0.350. The summed E-state index contributed by atoms with van der Waals surface area (Å²) in [5.41, 5.74) is 1.82. The van der Waals surface area contributed by atoms with Crippen LogP contribution in [-0.2, 0) is 17.8 Å². The highest BCUT2D eigenvalue weighted by molar-refractivity contribution is 5.79. The number of rotatable bonds is 8. The zero-order valence-corrected chi connectivity index (χ0v) is 14.5. The van der Waals surface area contributed by atoms with Crippen molar-refractivity contribution in [2.45, 2.75) is 38.5 Å². The third kappa shape index (κ3) is 4.94. The Labute approximate surface area is 151 Å². The maximum Gasteiger partial charge on any atom is 0.387 e. The average molecular weight is 361 g/mol. The third-order valence-electron chi connectivity index (χ3n) is 4.32. The normalized spacial score (nSPS) is 13.5. The van der Waals surface area contributed by atoms with Crippen molar-refractivity contribution >= 4 is 5.91 Å². The molecule has 0 aliphatic heterocycles. The van der Waals surface area contributed by atoms with Gasteiger partial charge in [-0.05, 0) is 48.2 Å². The second-order valence-corrected chi connectivity index (χ2v) is 6.30. The van der Waals surface area contributed by atoms with Gasteiger partial charge < -0.3 is 14.4 Å². The van der Waals surface area contributed by atoms with Crippen molar-refractivity contribution in [3.05, 3.63) is 59.7 Å². The Morgan fingerprint density at radius 2 is 1.62 bits per heavy atom. The summed E-state index contributed by atoms with van der Waals surface area (Å²) in [5.74, 6) is 0.906. The summed E-state index contributed by atoms with van der Waals surface area (Å²) in [4.78, 5) is 14.6. The van der Waals surface area contributed by atoms with Crippen molar-refractivity contribution < 1.29 is 23.0 Å². The van der Waals surface area contributed by atoms with E-state index in [0.717, 1.165) is 29.7 Å². The monoisotopic (exact) mass is 361 g/mol. The summed E-state index contributed by atoms with van der Waals surface area (Å²) in [6.45, 7) is -2.29. The van der Waals surface area contributed by atoms with Gasteiger partial charge in [0.15, 0.2) is 0 Å². The molecule has 0 spiro atoms. The second-order valence-electron chi connectivity index (χ2n) is 6.30. The first-order valence-corrected chi connectivity index (χ1v) is 8.51. The highest BCUT2D eigenvalue weighted by atomic mass is 19.3. The fourth-order valence-electron chi connectivity index (χ4n) is 2.80. The molecule has 1 amide bonds. The summed E-state index contributed by atoms with van der Waals surface area (Å²) < 4.78 is 33.9. The Morgan fingerprint density at radius 3 is 2.15 bits per heavy atom. The maximum absolute atomic E-state index is 12.7. The van der Waals surface area contributed by atoms with Gasteiger partial charge in [-0.3, -0.25) is 4.79 Å². The van der Waals surface area contributed by atoms with Crippen LogP contribution in [0.1, 0.15) is 24.0 Å². The number of hydrogen-bond donors (Lipinski definition) is 0. The summed E-state index contributed by atoms with van der Waals surface area (Å²) >= 11 is 0. The van der Waals surface area contributed by atoms with Gasteiger partial charge in [-0.2, -0.15) is 8.78 Å². The molecule has 0 unspecified atom stereocenters. The Balaban J connectivity index is 1.63. The number of alkyl halides is 2. The lowest BCUT2D eigenvalue weighted by Gasteiger charge is -2.23. The number of benzene rings is 2. The smallest absolute Gasteiger partial charge is 0.387 e. The van der Waals surface area contributed by atoms with Gasteiger partial charge in [0, 0.05) is 12.6 Å². The zero-order valence-electron chi connectivity index (χ0n) is 14.5. The van der Waals surface area contributed by atoms with Gasteiger partial charge in [0.05, 0.1) is 13.5 Å². The number of carbonyl (C=O) groups excluding carboxylic acids is 1. The van der Waals surface area contributed by atoms with E-state index >= 15 is 0 Å². The molecule has 1 fully saturated rings. The zero-order chi connectivity index (χ0) is 18.5. The largest absolute Gasteiger partial charge is 0.497 e. The molecule has 0 aromatic heterocycles. The molecular weight excluding hydrogens is 340 g/mol. The highest BCUT2D eigenvalue weighted by Gasteiger charge is 2.32. The number of ether oxygens (including phenoxy) is 2. The summed E-state index contributed by atoms with van der Waals surface area (Å²) in [5, 5.41) is 0. The van der Waals surface area contributed by atoms with Gasteiger partial charge in [-0.15, -0.1) is 0 Å². The lowest BCUT2D eigenvalue weighted by Crippen LogP contribution is -2.33. The van der Waals surface area contributed by atoms with Gasteiger partial charge in [0.25, 0.3) is 0 Å². The summed E-state index contributed by atoms with van der Waals surface area (Å²) in [6.07, 6.45) is 2.27. The molecule has 1 aliphatic rings. The van der Waals surface area contributed by atoms with E-state index in [1.54, 1.807) is 19.2 Å². The molecule has 3 rings (SSSR count). The standard InChI is InChI=1S/C20H21F2NO3/c1-25-17-8-4-15(5-9-17)13-23(16-6-7-16)19(24)12-14-2-10-18(11-3-14)26-20(21)22/h2-5,8-11,16,20H,6-7,12-13H2,1H3. The van der Waals surface area contributed by atoms with Gasteiger partial charge in [0.1, 0.15) is 11.5 Å². The van der Waals surface area contributed by atoms with Crippen molar-refractivity contribution in [1.82, 2.24) is 4.90 Å². The molecule has 0 N–H and O–H groups in total. The van der Waals surface area contributed by atoms with E-state index < -0.39 is 6.61 Å².